The van der Waals surface area contributed by atoms with Crippen LogP contribution in [-0.4, -0.2) is 17.6 Å². The van der Waals surface area contributed by atoms with Crippen LogP contribution in [0.15, 0.2) is 72.8 Å². The van der Waals surface area contributed by atoms with E-state index in [1.54, 1.807) is 11.8 Å². The van der Waals surface area contributed by atoms with Crippen molar-refractivity contribution in [3.63, 3.8) is 0 Å². The first-order valence-electron chi connectivity index (χ1n) is 10.5. The van der Waals surface area contributed by atoms with Gasteiger partial charge in [-0.2, -0.15) is 0 Å². The highest BCUT2D eigenvalue weighted by Gasteiger charge is 2.36. The zero-order chi connectivity index (χ0) is 21.8. The summed E-state index contributed by atoms with van der Waals surface area (Å²) in [5.41, 5.74) is 6.03. The summed E-state index contributed by atoms with van der Waals surface area (Å²) in [4.78, 5) is 27.3. The molecule has 31 heavy (non-hydrogen) atoms. The molecule has 1 N–H and O–H groups in total. The van der Waals surface area contributed by atoms with E-state index in [4.69, 9.17) is 0 Å². The van der Waals surface area contributed by atoms with Crippen LogP contribution in [0.4, 0.5) is 11.4 Å². The average molecular weight is 431 g/mol. The molecule has 3 aromatic rings. The van der Waals surface area contributed by atoms with Gasteiger partial charge >= 0.3 is 0 Å². The second-order valence-corrected chi connectivity index (χ2v) is 8.91. The van der Waals surface area contributed by atoms with E-state index in [1.807, 2.05) is 78.6 Å². The summed E-state index contributed by atoms with van der Waals surface area (Å²) < 4.78 is 0. The van der Waals surface area contributed by atoms with E-state index in [0.717, 1.165) is 28.1 Å². The molecule has 0 spiro atoms. The summed E-state index contributed by atoms with van der Waals surface area (Å²) in [6.45, 7) is 4.09. The average Bonchev–Trinajstić information content (AvgIpc) is 3.14. The van der Waals surface area contributed by atoms with Gasteiger partial charge in [-0.05, 0) is 43.5 Å². The molecule has 0 bridgehead atoms. The van der Waals surface area contributed by atoms with Crippen LogP contribution in [0, 0.1) is 13.8 Å². The molecule has 0 aromatic heterocycles. The molecule has 5 heteroatoms. The number of thioether (sulfide) groups is 1. The quantitative estimate of drug-likeness (QED) is 0.549. The van der Waals surface area contributed by atoms with Crippen LogP contribution in [0.5, 0.6) is 0 Å². The number of benzene rings is 3. The van der Waals surface area contributed by atoms with Crippen molar-refractivity contribution >= 4 is 35.0 Å². The summed E-state index contributed by atoms with van der Waals surface area (Å²) in [6, 6.07) is 23.9. The number of amides is 2. The van der Waals surface area contributed by atoms with Crippen LogP contribution in [0.1, 0.15) is 34.0 Å². The fourth-order valence-electron chi connectivity index (χ4n) is 3.93. The van der Waals surface area contributed by atoms with Gasteiger partial charge in [0.1, 0.15) is 5.37 Å². The molecule has 1 aliphatic heterocycles. The zero-order valence-electron chi connectivity index (χ0n) is 17.8. The lowest BCUT2D eigenvalue weighted by Crippen LogP contribution is -2.29. The topological polar surface area (TPSA) is 49.4 Å². The highest BCUT2D eigenvalue weighted by molar-refractivity contribution is 8.00. The Labute approximate surface area is 187 Å². The number of nitrogens with zero attached hydrogens (tertiary/aromatic N) is 1. The van der Waals surface area contributed by atoms with Crippen LogP contribution >= 0.6 is 11.8 Å². The van der Waals surface area contributed by atoms with Crippen LogP contribution in [0.25, 0.3) is 0 Å². The second-order valence-electron chi connectivity index (χ2n) is 7.84. The van der Waals surface area contributed by atoms with Gasteiger partial charge in [-0.25, -0.2) is 0 Å². The molecular formula is C26H26N2O2S. The number of aryl methyl sites for hydroxylation is 3. The lowest BCUT2D eigenvalue weighted by molar-refractivity contribution is -0.116. The molecule has 0 unspecified atom stereocenters. The predicted octanol–water partition coefficient (Wildman–Crippen LogP) is 5.65. The number of carbonyl (C=O) groups excluding carboxylic acids is 2. The number of carbonyl (C=O) groups is 2. The van der Waals surface area contributed by atoms with Gasteiger partial charge in [0.05, 0.1) is 5.75 Å². The van der Waals surface area contributed by atoms with Crippen LogP contribution < -0.4 is 10.2 Å². The predicted molar refractivity (Wildman–Crippen MR) is 128 cm³/mol. The first-order chi connectivity index (χ1) is 15.0. The van der Waals surface area contributed by atoms with Gasteiger partial charge in [0.25, 0.3) is 0 Å². The molecule has 1 atom stereocenters. The minimum absolute atomic E-state index is 0.0244. The van der Waals surface area contributed by atoms with Gasteiger partial charge in [-0.1, -0.05) is 66.2 Å². The molecule has 1 heterocycles. The molecule has 3 aromatic carbocycles. The zero-order valence-corrected chi connectivity index (χ0v) is 18.6. The molecular weight excluding hydrogens is 404 g/mol. The molecule has 2 amide bonds. The van der Waals surface area contributed by atoms with Gasteiger partial charge in [0.2, 0.25) is 11.8 Å². The number of anilines is 2. The van der Waals surface area contributed by atoms with Crippen molar-refractivity contribution in [3.05, 3.63) is 95.1 Å². The minimum Gasteiger partial charge on any atom is -0.326 e. The molecule has 1 aliphatic rings. The maximum atomic E-state index is 12.8. The van der Waals surface area contributed by atoms with Gasteiger partial charge in [-0.3, -0.25) is 14.5 Å². The minimum atomic E-state index is -0.167. The van der Waals surface area contributed by atoms with Crippen molar-refractivity contribution in [2.75, 3.05) is 16.0 Å². The van der Waals surface area contributed by atoms with E-state index in [-0.39, 0.29) is 17.2 Å². The molecule has 1 saturated heterocycles. The van der Waals surface area contributed by atoms with E-state index in [9.17, 15) is 9.59 Å². The number of para-hydroxylation sites is 1. The summed E-state index contributed by atoms with van der Waals surface area (Å²) in [7, 11) is 0. The smallest absolute Gasteiger partial charge is 0.238 e. The molecule has 0 saturated carbocycles. The fourth-order valence-corrected chi connectivity index (χ4v) is 5.14. The van der Waals surface area contributed by atoms with E-state index < -0.39 is 0 Å². The molecule has 4 rings (SSSR count). The van der Waals surface area contributed by atoms with Crippen molar-refractivity contribution in [2.45, 2.75) is 32.1 Å². The normalized spacial score (nSPS) is 15.9. The van der Waals surface area contributed by atoms with Gasteiger partial charge < -0.3 is 5.32 Å². The maximum Gasteiger partial charge on any atom is 0.238 e. The number of rotatable bonds is 6. The van der Waals surface area contributed by atoms with E-state index in [2.05, 4.69) is 18.3 Å². The van der Waals surface area contributed by atoms with Crippen molar-refractivity contribution in [2.24, 2.45) is 0 Å². The first-order valence-corrected chi connectivity index (χ1v) is 11.5. The standard InChI is InChI=1S/C26H26N2O2S/c1-18-12-14-23(19(2)16-18)28-25(30)17-31-26(28)21-10-6-7-11-22(21)27-24(29)15-13-20-8-4-3-5-9-20/h3-12,14,16,26H,13,15,17H2,1-2H3,(H,27,29)/t26-/m1/s1. The third-order valence-corrected chi connectivity index (χ3v) is 6.66. The fraction of sp³-hybridized carbons (Fsp3) is 0.231. The Kier molecular flexibility index (Phi) is 6.42. The number of nitrogens with one attached hydrogen (secondary N) is 1. The van der Waals surface area contributed by atoms with Crippen molar-refractivity contribution in [3.8, 4) is 0 Å². The van der Waals surface area contributed by atoms with Gasteiger partial charge in [-0.15, -0.1) is 11.8 Å². The second kappa shape index (κ2) is 9.40. The Balaban J connectivity index is 1.55. The molecule has 0 aliphatic carbocycles. The van der Waals surface area contributed by atoms with Crippen LogP contribution in [0.2, 0.25) is 0 Å². The molecule has 0 radical (unpaired) electrons. The first kappa shape index (κ1) is 21.2. The van der Waals surface area contributed by atoms with Gasteiger partial charge in [0, 0.05) is 23.4 Å². The van der Waals surface area contributed by atoms with E-state index in [0.29, 0.717) is 18.6 Å². The number of hydrogen-bond donors (Lipinski definition) is 1. The van der Waals surface area contributed by atoms with Crippen LogP contribution in [-0.2, 0) is 16.0 Å². The summed E-state index contributed by atoms with van der Waals surface area (Å²) in [6.07, 6.45) is 1.11. The van der Waals surface area contributed by atoms with Crippen molar-refractivity contribution in [1.82, 2.24) is 0 Å². The SMILES string of the molecule is Cc1ccc(N2C(=O)CS[C@@H]2c2ccccc2NC(=O)CCc2ccccc2)c(C)c1. The summed E-state index contributed by atoms with van der Waals surface area (Å²) in [5.74, 6) is 0.490. The maximum absolute atomic E-state index is 12.8. The lowest BCUT2D eigenvalue weighted by atomic mass is 10.1. The largest absolute Gasteiger partial charge is 0.326 e. The summed E-state index contributed by atoms with van der Waals surface area (Å²) in [5, 5.41) is 2.91. The summed E-state index contributed by atoms with van der Waals surface area (Å²) >= 11 is 1.60. The Bertz CT molecular complexity index is 1100. The van der Waals surface area contributed by atoms with E-state index >= 15 is 0 Å². The third-order valence-electron chi connectivity index (χ3n) is 5.46. The van der Waals surface area contributed by atoms with Crippen molar-refractivity contribution in [1.29, 1.82) is 0 Å². The lowest BCUT2D eigenvalue weighted by Gasteiger charge is -2.27. The Morgan fingerprint density at radius 3 is 2.55 bits per heavy atom. The highest BCUT2D eigenvalue weighted by atomic mass is 32.2. The van der Waals surface area contributed by atoms with Crippen LogP contribution in [0.3, 0.4) is 0 Å². The molecule has 1 fully saturated rings. The monoisotopic (exact) mass is 430 g/mol. The Morgan fingerprint density at radius 2 is 1.77 bits per heavy atom. The van der Waals surface area contributed by atoms with Gasteiger partial charge in [0.15, 0.2) is 0 Å². The van der Waals surface area contributed by atoms with E-state index in [1.165, 1.54) is 5.56 Å². The third kappa shape index (κ3) is 4.83. The number of hydrogen-bond acceptors (Lipinski definition) is 3. The highest BCUT2D eigenvalue weighted by Crippen LogP contribution is 2.45. The molecule has 4 nitrogen and oxygen atoms in total. The Hall–Kier alpha value is -3.05. The van der Waals surface area contributed by atoms with Crippen molar-refractivity contribution < 1.29 is 9.59 Å². The molecule has 158 valence electrons. The Morgan fingerprint density at radius 1 is 1.03 bits per heavy atom.